The maximum Gasteiger partial charge on any atom is 0.235 e. The minimum Gasteiger partial charge on any atom is -0.377 e. The van der Waals surface area contributed by atoms with Gasteiger partial charge in [0.25, 0.3) is 0 Å². The highest BCUT2D eigenvalue weighted by atomic mass is 32.2. The highest BCUT2D eigenvalue weighted by molar-refractivity contribution is 7.92. The zero-order valence-electron chi connectivity index (χ0n) is 15.6. The van der Waals surface area contributed by atoms with Crippen LogP contribution in [0.15, 0.2) is 18.2 Å². The molecule has 1 fully saturated rings. The van der Waals surface area contributed by atoms with Gasteiger partial charge in [-0.1, -0.05) is 18.6 Å². The van der Waals surface area contributed by atoms with Crippen LogP contribution in [0.1, 0.15) is 43.5 Å². The van der Waals surface area contributed by atoms with Crippen LogP contribution in [0.5, 0.6) is 0 Å². The number of nitrogens with one attached hydrogen (secondary N) is 1. The van der Waals surface area contributed by atoms with Crippen molar-refractivity contribution >= 4 is 15.7 Å². The predicted molar refractivity (Wildman–Crippen MR) is 104 cm³/mol. The summed E-state index contributed by atoms with van der Waals surface area (Å²) in [5.74, 6) is 1.83. The van der Waals surface area contributed by atoms with Gasteiger partial charge in [-0.15, -0.1) is 10.2 Å². The topological polar surface area (TPSA) is 86.1 Å². The van der Waals surface area contributed by atoms with E-state index in [1.807, 2.05) is 25.1 Å². The Labute approximate surface area is 160 Å². The van der Waals surface area contributed by atoms with Gasteiger partial charge >= 0.3 is 0 Å². The van der Waals surface area contributed by atoms with Crippen LogP contribution in [0, 0.1) is 6.92 Å². The van der Waals surface area contributed by atoms with E-state index in [4.69, 9.17) is 4.74 Å². The minimum atomic E-state index is -3.47. The Kier molecular flexibility index (Phi) is 5.19. The Hall–Kier alpha value is -1.93. The van der Waals surface area contributed by atoms with Crippen LogP contribution in [0.3, 0.4) is 0 Å². The molecule has 8 heteroatoms. The second kappa shape index (κ2) is 7.59. The first-order valence-corrected chi connectivity index (χ1v) is 11.3. The van der Waals surface area contributed by atoms with Crippen LogP contribution in [0.4, 0.5) is 5.69 Å². The molecule has 2 aromatic rings. The average Bonchev–Trinajstić information content (AvgIpc) is 3.21. The quantitative estimate of drug-likeness (QED) is 0.848. The van der Waals surface area contributed by atoms with Crippen molar-refractivity contribution in [1.82, 2.24) is 14.8 Å². The minimum absolute atomic E-state index is 0.00298. The molecular weight excluding hydrogens is 364 g/mol. The van der Waals surface area contributed by atoms with Crippen LogP contribution in [-0.2, 0) is 27.7 Å². The van der Waals surface area contributed by atoms with Gasteiger partial charge in [0.2, 0.25) is 10.0 Å². The Balaban J connectivity index is 1.59. The Morgan fingerprint density at radius 2 is 2.11 bits per heavy atom. The zero-order chi connectivity index (χ0) is 18.9. The molecule has 0 amide bonds. The van der Waals surface area contributed by atoms with Crippen molar-refractivity contribution in [3.8, 4) is 11.4 Å². The molecule has 1 atom stereocenters. The van der Waals surface area contributed by atoms with Crippen molar-refractivity contribution in [3.05, 3.63) is 29.6 Å². The van der Waals surface area contributed by atoms with Gasteiger partial charge in [0.15, 0.2) is 5.82 Å². The summed E-state index contributed by atoms with van der Waals surface area (Å²) in [6, 6.07) is 5.78. The summed E-state index contributed by atoms with van der Waals surface area (Å²) >= 11 is 0. The van der Waals surface area contributed by atoms with Gasteiger partial charge in [0.05, 0.1) is 17.5 Å². The molecule has 1 saturated heterocycles. The maximum atomic E-state index is 12.6. The van der Waals surface area contributed by atoms with E-state index >= 15 is 0 Å². The van der Waals surface area contributed by atoms with Gasteiger partial charge in [-0.05, 0) is 44.2 Å². The number of hydrogen-bond acceptors (Lipinski definition) is 5. The van der Waals surface area contributed by atoms with E-state index in [1.54, 1.807) is 0 Å². The van der Waals surface area contributed by atoms with Gasteiger partial charge in [0.1, 0.15) is 5.82 Å². The van der Waals surface area contributed by atoms with E-state index in [1.165, 1.54) is 6.42 Å². The van der Waals surface area contributed by atoms with E-state index in [0.717, 1.165) is 61.4 Å². The van der Waals surface area contributed by atoms with Crippen molar-refractivity contribution in [2.45, 2.75) is 58.1 Å². The fourth-order valence-electron chi connectivity index (χ4n) is 3.80. The lowest BCUT2D eigenvalue weighted by atomic mass is 10.1. The molecule has 146 valence electrons. The normalized spacial score (nSPS) is 20.3. The Morgan fingerprint density at radius 1 is 1.22 bits per heavy atom. The summed E-state index contributed by atoms with van der Waals surface area (Å²) in [7, 11) is -3.47. The van der Waals surface area contributed by atoms with Crippen LogP contribution >= 0.6 is 0 Å². The molecule has 7 nitrogen and oxygen atoms in total. The summed E-state index contributed by atoms with van der Waals surface area (Å²) in [5.41, 5.74) is 2.36. The van der Waals surface area contributed by atoms with E-state index < -0.39 is 10.0 Å². The first kappa shape index (κ1) is 18.4. The first-order valence-electron chi connectivity index (χ1n) is 9.67. The predicted octanol–water partition coefficient (Wildman–Crippen LogP) is 2.90. The summed E-state index contributed by atoms with van der Waals surface area (Å²) in [5, 5.41) is 8.72. The molecule has 0 aliphatic carbocycles. The van der Waals surface area contributed by atoms with Crippen molar-refractivity contribution in [3.63, 3.8) is 0 Å². The number of fused-ring (bicyclic) bond motifs is 1. The molecule has 1 N–H and O–H groups in total. The molecular formula is C19H26N4O3S. The highest BCUT2D eigenvalue weighted by Crippen LogP contribution is 2.28. The molecule has 2 aliphatic heterocycles. The van der Waals surface area contributed by atoms with Crippen LogP contribution in [0.25, 0.3) is 11.4 Å². The number of aryl methyl sites for hydroxylation is 2. The molecule has 1 unspecified atom stereocenters. The van der Waals surface area contributed by atoms with E-state index in [-0.39, 0.29) is 11.9 Å². The number of nitrogens with zero attached hydrogens (tertiary/aromatic N) is 3. The van der Waals surface area contributed by atoms with E-state index in [0.29, 0.717) is 12.3 Å². The summed E-state index contributed by atoms with van der Waals surface area (Å²) in [6.45, 7) is 3.45. The van der Waals surface area contributed by atoms with Gasteiger partial charge in [-0.2, -0.15) is 0 Å². The average molecular weight is 391 g/mol. The molecule has 0 radical (unpaired) electrons. The van der Waals surface area contributed by atoms with Crippen molar-refractivity contribution in [1.29, 1.82) is 0 Å². The number of sulfonamides is 1. The monoisotopic (exact) mass is 390 g/mol. The third-order valence-electron chi connectivity index (χ3n) is 5.30. The van der Waals surface area contributed by atoms with Crippen LogP contribution in [-0.4, -0.2) is 41.6 Å². The number of rotatable bonds is 5. The Morgan fingerprint density at radius 3 is 2.93 bits per heavy atom. The number of ether oxygens (including phenoxy) is 1. The second-order valence-electron chi connectivity index (χ2n) is 7.45. The maximum absolute atomic E-state index is 12.6. The molecule has 27 heavy (non-hydrogen) atoms. The van der Waals surface area contributed by atoms with Gasteiger partial charge < -0.3 is 9.30 Å². The van der Waals surface area contributed by atoms with Gasteiger partial charge in [0, 0.05) is 25.1 Å². The Bertz CT molecular complexity index is 917. The number of hydrogen-bond donors (Lipinski definition) is 1. The SMILES string of the molecule is Cc1ccc(-c2nnc3n2CCCCC3)cc1NS(=O)(=O)CC1CCCO1. The fourth-order valence-corrected chi connectivity index (χ4v) is 5.19. The van der Waals surface area contributed by atoms with Gasteiger partial charge in [-0.25, -0.2) is 8.42 Å². The zero-order valence-corrected chi connectivity index (χ0v) is 16.5. The highest BCUT2D eigenvalue weighted by Gasteiger charge is 2.24. The molecule has 1 aromatic heterocycles. The molecule has 2 aliphatic rings. The molecule has 0 spiro atoms. The molecule has 0 saturated carbocycles. The van der Waals surface area contributed by atoms with E-state index in [2.05, 4.69) is 19.5 Å². The third kappa shape index (κ3) is 4.16. The largest absolute Gasteiger partial charge is 0.377 e. The number of aromatic nitrogens is 3. The summed E-state index contributed by atoms with van der Waals surface area (Å²) in [4.78, 5) is 0. The van der Waals surface area contributed by atoms with Crippen molar-refractivity contribution in [2.24, 2.45) is 0 Å². The smallest absolute Gasteiger partial charge is 0.235 e. The number of anilines is 1. The lowest BCUT2D eigenvalue weighted by Crippen LogP contribution is -2.26. The molecule has 0 bridgehead atoms. The van der Waals surface area contributed by atoms with Crippen LogP contribution in [0.2, 0.25) is 0 Å². The lowest BCUT2D eigenvalue weighted by molar-refractivity contribution is 0.127. The first-order chi connectivity index (χ1) is 13.0. The second-order valence-corrected chi connectivity index (χ2v) is 9.22. The molecule has 4 rings (SSSR count). The van der Waals surface area contributed by atoms with Gasteiger partial charge in [-0.3, -0.25) is 4.72 Å². The van der Waals surface area contributed by atoms with Crippen molar-refractivity contribution < 1.29 is 13.2 Å². The molecule has 1 aromatic carbocycles. The van der Waals surface area contributed by atoms with Crippen LogP contribution < -0.4 is 4.72 Å². The number of benzene rings is 1. The van der Waals surface area contributed by atoms with E-state index in [9.17, 15) is 8.42 Å². The fraction of sp³-hybridized carbons (Fsp3) is 0.579. The standard InChI is InChI=1S/C19H26N4O3S/c1-14-8-9-15(19-21-20-18-7-3-2-4-10-23(18)19)12-17(14)22-27(24,25)13-16-6-5-11-26-16/h8-9,12,16,22H,2-7,10-11,13H2,1H3. The third-order valence-corrected chi connectivity index (χ3v) is 6.64. The van der Waals surface area contributed by atoms with Crippen molar-refractivity contribution in [2.75, 3.05) is 17.1 Å². The summed E-state index contributed by atoms with van der Waals surface area (Å²) in [6.07, 6.45) is 5.91. The summed E-state index contributed by atoms with van der Waals surface area (Å²) < 4.78 is 35.5. The lowest BCUT2D eigenvalue weighted by Gasteiger charge is -2.15. The molecule has 3 heterocycles.